The van der Waals surface area contributed by atoms with E-state index in [0.29, 0.717) is 12.2 Å². The molecule has 0 spiro atoms. The summed E-state index contributed by atoms with van der Waals surface area (Å²) < 4.78 is 19.0. The van der Waals surface area contributed by atoms with Gasteiger partial charge in [-0.25, -0.2) is 9.37 Å². The number of imidazole rings is 1. The lowest BCUT2D eigenvalue weighted by atomic mass is 10.1. The van der Waals surface area contributed by atoms with Crippen LogP contribution in [0.4, 0.5) is 4.39 Å². The van der Waals surface area contributed by atoms with Crippen molar-refractivity contribution in [1.82, 2.24) is 15.3 Å². The van der Waals surface area contributed by atoms with Gasteiger partial charge in [0.15, 0.2) is 18.2 Å². The highest BCUT2D eigenvalue weighted by atomic mass is 19.1. The zero-order chi connectivity index (χ0) is 20.1. The van der Waals surface area contributed by atoms with Crippen molar-refractivity contribution in [3.63, 3.8) is 0 Å². The van der Waals surface area contributed by atoms with Gasteiger partial charge >= 0.3 is 0 Å². The second-order valence-electron chi connectivity index (χ2n) is 6.67. The van der Waals surface area contributed by atoms with Crippen LogP contribution in [-0.2, 0) is 11.2 Å². The fourth-order valence-corrected chi connectivity index (χ4v) is 3.14. The molecule has 0 aliphatic rings. The zero-order valence-corrected chi connectivity index (χ0v) is 15.6. The number of H-pyrrole nitrogens is 1. The minimum atomic E-state index is -0.501. The second kappa shape index (κ2) is 8.56. The van der Waals surface area contributed by atoms with Crippen LogP contribution in [0.1, 0.15) is 17.4 Å². The molecule has 5 nitrogen and oxygen atoms in total. The third kappa shape index (κ3) is 4.60. The average Bonchev–Trinajstić information content (AvgIpc) is 3.18. The van der Waals surface area contributed by atoms with Crippen LogP contribution in [0.3, 0.4) is 0 Å². The first-order chi connectivity index (χ1) is 14.2. The van der Waals surface area contributed by atoms with Crippen LogP contribution in [0.25, 0.3) is 11.0 Å². The van der Waals surface area contributed by atoms with Gasteiger partial charge in [-0.3, -0.25) is 4.79 Å². The van der Waals surface area contributed by atoms with Gasteiger partial charge in [0.2, 0.25) is 0 Å². The lowest BCUT2D eigenvalue weighted by Crippen LogP contribution is -2.34. The van der Waals surface area contributed by atoms with Gasteiger partial charge < -0.3 is 15.0 Å². The minimum absolute atomic E-state index is 0.0472. The second-order valence-corrected chi connectivity index (χ2v) is 6.67. The number of hydrogen-bond donors (Lipinski definition) is 2. The quantitative estimate of drug-likeness (QED) is 0.498. The molecule has 0 unspecified atom stereocenters. The molecule has 0 saturated heterocycles. The maximum absolute atomic E-state index is 13.7. The van der Waals surface area contributed by atoms with Gasteiger partial charge in [0.05, 0.1) is 17.1 Å². The molecule has 6 heteroatoms. The number of para-hydroxylation sites is 3. The average molecular weight is 389 g/mol. The number of rotatable bonds is 7. The van der Waals surface area contributed by atoms with Crippen LogP contribution >= 0.6 is 0 Å². The van der Waals surface area contributed by atoms with Crippen molar-refractivity contribution in [2.24, 2.45) is 0 Å². The van der Waals surface area contributed by atoms with Crippen molar-refractivity contribution in [3.8, 4) is 5.75 Å². The van der Waals surface area contributed by atoms with Crippen LogP contribution in [-0.4, -0.2) is 22.5 Å². The van der Waals surface area contributed by atoms with E-state index in [1.54, 1.807) is 12.1 Å². The van der Waals surface area contributed by atoms with E-state index in [0.717, 1.165) is 16.6 Å². The first kappa shape index (κ1) is 18.7. The predicted molar refractivity (Wildman–Crippen MR) is 109 cm³/mol. The van der Waals surface area contributed by atoms with Gasteiger partial charge in [-0.15, -0.1) is 0 Å². The Morgan fingerprint density at radius 2 is 1.72 bits per heavy atom. The molecule has 1 heterocycles. The van der Waals surface area contributed by atoms with E-state index < -0.39 is 5.82 Å². The van der Waals surface area contributed by atoms with Gasteiger partial charge in [0, 0.05) is 0 Å². The highest BCUT2D eigenvalue weighted by Crippen LogP contribution is 2.20. The van der Waals surface area contributed by atoms with Crippen molar-refractivity contribution >= 4 is 16.9 Å². The number of ether oxygens (including phenoxy) is 1. The van der Waals surface area contributed by atoms with Crippen LogP contribution in [0.15, 0.2) is 78.9 Å². The Hall–Kier alpha value is -3.67. The molecule has 0 saturated carbocycles. The molecule has 4 rings (SSSR count). The van der Waals surface area contributed by atoms with E-state index in [4.69, 9.17) is 4.74 Å². The Morgan fingerprint density at radius 3 is 2.52 bits per heavy atom. The van der Waals surface area contributed by atoms with Gasteiger partial charge in [-0.05, 0) is 36.2 Å². The molecule has 4 aromatic rings. The largest absolute Gasteiger partial charge is 0.481 e. The maximum Gasteiger partial charge on any atom is 0.258 e. The summed E-state index contributed by atoms with van der Waals surface area (Å²) in [4.78, 5) is 20.4. The number of fused-ring (bicyclic) bond motifs is 1. The minimum Gasteiger partial charge on any atom is -0.481 e. The third-order valence-electron chi connectivity index (χ3n) is 4.55. The van der Waals surface area contributed by atoms with Crippen molar-refractivity contribution in [2.45, 2.75) is 12.5 Å². The van der Waals surface area contributed by atoms with Crippen LogP contribution in [0, 0.1) is 5.82 Å². The molecule has 0 aliphatic carbocycles. The number of benzene rings is 3. The summed E-state index contributed by atoms with van der Waals surface area (Å²) in [6.45, 7) is -0.285. The molecule has 0 fully saturated rings. The maximum atomic E-state index is 13.7. The molecule has 0 radical (unpaired) electrons. The topological polar surface area (TPSA) is 67.0 Å². The number of aromatic amines is 1. The molecular formula is C23H20FN3O2. The van der Waals surface area contributed by atoms with Crippen molar-refractivity contribution in [3.05, 3.63) is 96.1 Å². The third-order valence-corrected chi connectivity index (χ3v) is 4.55. The molecule has 2 N–H and O–H groups in total. The SMILES string of the molecule is O=C(COc1ccccc1F)N[C@@H](Cc1ccccc1)c1nc2ccccc2[nH]1. The van der Waals surface area contributed by atoms with Crippen molar-refractivity contribution < 1.29 is 13.9 Å². The summed E-state index contributed by atoms with van der Waals surface area (Å²) in [5.74, 6) is -0.145. The van der Waals surface area contributed by atoms with Gasteiger partial charge in [-0.1, -0.05) is 54.6 Å². The Balaban J connectivity index is 1.51. The van der Waals surface area contributed by atoms with E-state index in [2.05, 4.69) is 15.3 Å². The van der Waals surface area contributed by atoms with E-state index in [-0.39, 0.29) is 24.3 Å². The normalized spacial score (nSPS) is 11.9. The lowest BCUT2D eigenvalue weighted by molar-refractivity contribution is -0.123. The summed E-state index contributed by atoms with van der Waals surface area (Å²) in [6.07, 6.45) is 0.562. The molecule has 146 valence electrons. The van der Waals surface area contributed by atoms with E-state index >= 15 is 0 Å². The van der Waals surface area contributed by atoms with Gasteiger partial charge in [0.25, 0.3) is 5.91 Å². The molecule has 1 amide bonds. The Kier molecular flexibility index (Phi) is 5.52. The number of halogens is 1. The number of aromatic nitrogens is 2. The monoisotopic (exact) mass is 389 g/mol. The standard InChI is InChI=1S/C23H20FN3O2/c24-17-10-4-7-13-21(17)29-15-22(28)25-20(14-16-8-2-1-3-9-16)23-26-18-11-5-6-12-19(18)27-23/h1-13,20H,14-15H2,(H,25,28)(H,26,27)/t20-/m0/s1. The summed E-state index contributed by atoms with van der Waals surface area (Å²) >= 11 is 0. The fraction of sp³-hybridized carbons (Fsp3) is 0.130. The van der Waals surface area contributed by atoms with E-state index in [1.165, 1.54) is 12.1 Å². The van der Waals surface area contributed by atoms with E-state index in [9.17, 15) is 9.18 Å². The van der Waals surface area contributed by atoms with Crippen LogP contribution in [0.5, 0.6) is 5.75 Å². The van der Waals surface area contributed by atoms with Crippen molar-refractivity contribution in [1.29, 1.82) is 0 Å². The smallest absolute Gasteiger partial charge is 0.258 e. The number of amides is 1. The molecule has 1 aromatic heterocycles. The lowest BCUT2D eigenvalue weighted by Gasteiger charge is -2.17. The number of nitrogens with zero attached hydrogens (tertiary/aromatic N) is 1. The predicted octanol–water partition coefficient (Wildman–Crippen LogP) is 4.18. The Labute approximate surface area is 167 Å². The number of carbonyl (C=O) groups excluding carboxylic acids is 1. The summed E-state index contributed by atoms with van der Waals surface area (Å²) in [7, 11) is 0. The van der Waals surface area contributed by atoms with Crippen molar-refractivity contribution in [2.75, 3.05) is 6.61 Å². The summed E-state index contributed by atoms with van der Waals surface area (Å²) in [5.41, 5.74) is 2.79. The Morgan fingerprint density at radius 1 is 1.00 bits per heavy atom. The molecule has 29 heavy (non-hydrogen) atoms. The summed E-state index contributed by atoms with van der Waals surface area (Å²) in [5, 5.41) is 2.95. The molecule has 0 bridgehead atoms. The summed E-state index contributed by atoms with van der Waals surface area (Å²) in [6, 6.07) is 23.2. The highest BCUT2D eigenvalue weighted by Gasteiger charge is 2.19. The fourth-order valence-electron chi connectivity index (χ4n) is 3.14. The highest BCUT2D eigenvalue weighted by molar-refractivity contribution is 5.78. The van der Waals surface area contributed by atoms with Gasteiger partial charge in [0.1, 0.15) is 5.82 Å². The molecule has 0 aliphatic heterocycles. The van der Waals surface area contributed by atoms with E-state index in [1.807, 2.05) is 54.6 Å². The van der Waals surface area contributed by atoms with Gasteiger partial charge in [-0.2, -0.15) is 0 Å². The first-order valence-corrected chi connectivity index (χ1v) is 9.34. The number of carbonyl (C=O) groups is 1. The molecule has 3 aromatic carbocycles. The first-order valence-electron chi connectivity index (χ1n) is 9.34. The van der Waals surface area contributed by atoms with Crippen LogP contribution in [0.2, 0.25) is 0 Å². The molecule has 1 atom stereocenters. The molecular weight excluding hydrogens is 369 g/mol. The number of nitrogens with one attached hydrogen (secondary N) is 2. The Bertz CT molecular complexity index is 1080. The number of hydrogen-bond acceptors (Lipinski definition) is 3. The zero-order valence-electron chi connectivity index (χ0n) is 15.6. The van der Waals surface area contributed by atoms with Crippen LogP contribution < -0.4 is 10.1 Å².